The van der Waals surface area contributed by atoms with Crippen molar-refractivity contribution in [2.24, 2.45) is 0 Å². The van der Waals surface area contributed by atoms with Crippen molar-refractivity contribution in [3.8, 4) is 39.9 Å². The molecular formula is C19H16ClN5O3. The largest absolute Gasteiger partial charge is 0.497 e. The Morgan fingerprint density at radius 2 is 1.61 bits per heavy atom. The maximum absolute atomic E-state index is 6.41. The molecule has 2 heterocycles. The Labute approximate surface area is 165 Å². The SMILES string of the molecule is COc1ccc(-c2cnn3c(-c4cc(OC)c(OC)cc4Cl)nnc3n2)cc1. The van der Waals surface area contributed by atoms with Crippen LogP contribution in [0.1, 0.15) is 0 Å². The van der Waals surface area contributed by atoms with Crippen LogP contribution in [0, 0.1) is 0 Å². The second-order valence-electron chi connectivity index (χ2n) is 5.79. The summed E-state index contributed by atoms with van der Waals surface area (Å²) in [6, 6.07) is 10.9. The van der Waals surface area contributed by atoms with E-state index in [0.717, 1.165) is 11.3 Å². The highest BCUT2D eigenvalue weighted by molar-refractivity contribution is 6.33. The van der Waals surface area contributed by atoms with Gasteiger partial charge in [-0.05, 0) is 30.3 Å². The van der Waals surface area contributed by atoms with E-state index in [2.05, 4.69) is 20.3 Å². The zero-order valence-electron chi connectivity index (χ0n) is 15.4. The summed E-state index contributed by atoms with van der Waals surface area (Å²) in [4.78, 5) is 4.54. The van der Waals surface area contributed by atoms with Crippen molar-refractivity contribution in [1.29, 1.82) is 0 Å². The summed E-state index contributed by atoms with van der Waals surface area (Å²) in [6.07, 6.45) is 1.65. The van der Waals surface area contributed by atoms with Gasteiger partial charge in [0.15, 0.2) is 17.3 Å². The molecule has 4 rings (SSSR count). The minimum absolute atomic E-state index is 0.356. The van der Waals surface area contributed by atoms with Crippen molar-refractivity contribution >= 4 is 17.4 Å². The molecule has 0 radical (unpaired) electrons. The van der Waals surface area contributed by atoms with Gasteiger partial charge in [-0.25, -0.2) is 4.98 Å². The van der Waals surface area contributed by atoms with Gasteiger partial charge in [0.25, 0.3) is 5.78 Å². The van der Waals surface area contributed by atoms with Crippen molar-refractivity contribution in [3.63, 3.8) is 0 Å². The second kappa shape index (κ2) is 7.32. The van der Waals surface area contributed by atoms with E-state index in [1.807, 2.05) is 24.3 Å². The Morgan fingerprint density at radius 3 is 2.29 bits per heavy atom. The Bertz CT molecular complexity index is 1140. The predicted molar refractivity (Wildman–Crippen MR) is 104 cm³/mol. The molecule has 9 heteroatoms. The predicted octanol–water partition coefficient (Wildman–Crippen LogP) is 3.53. The summed E-state index contributed by atoms with van der Waals surface area (Å²) in [5, 5.41) is 13.2. The van der Waals surface area contributed by atoms with Crippen LogP contribution in [-0.4, -0.2) is 46.1 Å². The van der Waals surface area contributed by atoms with Gasteiger partial charge in [0.1, 0.15) is 5.75 Å². The van der Waals surface area contributed by atoms with Gasteiger partial charge in [0.05, 0.1) is 38.2 Å². The average Bonchev–Trinajstić information content (AvgIpc) is 3.16. The molecule has 0 spiro atoms. The van der Waals surface area contributed by atoms with E-state index in [-0.39, 0.29) is 0 Å². The molecule has 142 valence electrons. The smallest absolute Gasteiger partial charge is 0.272 e. The van der Waals surface area contributed by atoms with Crippen LogP contribution in [0.25, 0.3) is 28.4 Å². The third-order valence-electron chi connectivity index (χ3n) is 4.24. The van der Waals surface area contributed by atoms with Gasteiger partial charge in [-0.3, -0.25) is 0 Å². The monoisotopic (exact) mass is 397 g/mol. The highest BCUT2D eigenvalue weighted by Gasteiger charge is 2.18. The number of halogens is 1. The van der Waals surface area contributed by atoms with E-state index in [1.165, 1.54) is 4.52 Å². The van der Waals surface area contributed by atoms with E-state index in [9.17, 15) is 0 Å². The van der Waals surface area contributed by atoms with Gasteiger partial charge in [0, 0.05) is 17.2 Å². The van der Waals surface area contributed by atoms with Crippen LogP contribution >= 0.6 is 11.6 Å². The van der Waals surface area contributed by atoms with Gasteiger partial charge in [-0.15, -0.1) is 10.2 Å². The number of methoxy groups -OCH3 is 3. The molecule has 0 unspecified atom stereocenters. The van der Waals surface area contributed by atoms with Crippen LogP contribution < -0.4 is 14.2 Å². The first-order valence-corrected chi connectivity index (χ1v) is 8.67. The Balaban J connectivity index is 1.78. The number of ether oxygens (including phenoxy) is 3. The second-order valence-corrected chi connectivity index (χ2v) is 6.20. The lowest BCUT2D eigenvalue weighted by Crippen LogP contribution is -1.99. The molecule has 0 fully saturated rings. The fraction of sp³-hybridized carbons (Fsp3) is 0.158. The van der Waals surface area contributed by atoms with Gasteiger partial charge in [0.2, 0.25) is 0 Å². The lowest BCUT2D eigenvalue weighted by atomic mass is 10.1. The first-order chi connectivity index (χ1) is 13.6. The van der Waals surface area contributed by atoms with Crippen molar-refractivity contribution in [2.45, 2.75) is 0 Å². The number of rotatable bonds is 5. The van der Waals surface area contributed by atoms with Crippen LogP contribution in [0.3, 0.4) is 0 Å². The summed E-state index contributed by atoms with van der Waals surface area (Å²) >= 11 is 6.41. The molecule has 0 aliphatic rings. The van der Waals surface area contributed by atoms with Crippen LogP contribution in [0.5, 0.6) is 17.2 Å². The summed E-state index contributed by atoms with van der Waals surface area (Å²) in [7, 11) is 4.72. The lowest BCUT2D eigenvalue weighted by Gasteiger charge is -2.10. The van der Waals surface area contributed by atoms with Crippen molar-refractivity contribution < 1.29 is 14.2 Å². The molecule has 0 bridgehead atoms. The number of fused-ring (bicyclic) bond motifs is 1. The average molecular weight is 398 g/mol. The number of benzene rings is 2. The minimum atomic E-state index is 0.356. The lowest BCUT2D eigenvalue weighted by molar-refractivity contribution is 0.355. The topological polar surface area (TPSA) is 83.7 Å². The van der Waals surface area contributed by atoms with E-state index in [4.69, 9.17) is 25.8 Å². The van der Waals surface area contributed by atoms with Crippen molar-refractivity contribution in [3.05, 3.63) is 47.6 Å². The fourth-order valence-corrected chi connectivity index (χ4v) is 3.03. The minimum Gasteiger partial charge on any atom is -0.497 e. The zero-order valence-corrected chi connectivity index (χ0v) is 16.1. The normalized spacial score (nSPS) is 10.9. The molecule has 0 atom stereocenters. The van der Waals surface area contributed by atoms with Crippen LogP contribution in [0.2, 0.25) is 5.02 Å². The molecule has 0 aliphatic heterocycles. The molecule has 28 heavy (non-hydrogen) atoms. The van der Waals surface area contributed by atoms with E-state index < -0.39 is 0 Å². The Kier molecular flexibility index (Phi) is 4.70. The fourth-order valence-electron chi connectivity index (χ4n) is 2.79. The molecule has 0 saturated heterocycles. The molecule has 2 aromatic heterocycles. The molecule has 0 N–H and O–H groups in total. The standard InChI is InChI=1S/C19H16ClN5O3/c1-26-12-6-4-11(5-7-12)15-10-21-25-18(23-24-19(25)22-15)13-8-16(27-2)17(28-3)9-14(13)20/h4-10H,1-3H3. The van der Waals surface area contributed by atoms with Gasteiger partial charge in [-0.2, -0.15) is 9.61 Å². The quantitative estimate of drug-likeness (QED) is 0.509. The highest BCUT2D eigenvalue weighted by Crippen LogP contribution is 2.37. The molecule has 4 aromatic rings. The van der Waals surface area contributed by atoms with Crippen molar-refractivity contribution in [1.82, 2.24) is 24.8 Å². The number of hydrogen-bond donors (Lipinski definition) is 0. The highest BCUT2D eigenvalue weighted by atomic mass is 35.5. The van der Waals surface area contributed by atoms with Crippen LogP contribution in [-0.2, 0) is 0 Å². The Morgan fingerprint density at radius 1 is 0.893 bits per heavy atom. The molecule has 8 nitrogen and oxygen atoms in total. The first-order valence-electron chi connectivity index (χ1n) is 8.29. The maximum Gasteiger partial charge on any atom is 0.272 e. The first kappa shape index (κ1) is 18.0. The van der Waals surface area contributed by atoms with E-state index in [1.54, 1.807) is 39.7 Å². The van der Waals surface area contributed by atoms with Crippen LogP contribution in [0.15, 0.2) is 42.6 Å². The Hall–Kier alpha value is -3.39. The molecule has 0 aliphatic carbocycles. The van der Waals surface area contributed by atoms with E-state index >= 15 is 0 Å². The summed E-state index contributed by atoms with van der Waals surface area (Å²) in [5.74, 6) is 2.63. The number of aromatic nitrogens is 5. The molecule has 0 amide bonds. The van der Waals surface area contributed by atoms with E-state index in [0.29, 0.717) is 39.4 Å². The third kappa shape index (κ3) is 3.07. The summed E-state index contributed by atoms with van der Waals surface area (Å²) < 4.78 is 17.3. The summed E-state index contributed by atoms with van der Waals surface area (Å²) in [5.41, 5.74) is 2.18. The zero-order chi connectivity index (χ0) is 19.7. The number of hydrogen-bond acceptors (Lipinski definition) is 7. The van der Waals surface area contributed by atoms with Crippen LogP contribution in [0.4, 0.5) is 0 Å². The van der Waals surface area contributed by atoms with Gasteiger partial charge >= 0.3 is 0 Å². The summed E-state index contributed by atoms with van der Waals surface area (Å²) in [6.45, 7) is 0. The molecule has 2 aromatic carbocycles. The van der Waals surface area contributed by atoms with Crippen molar-refractivity contribution in [2.75, 3.05) is 21.3 Å². The molecular weight excluding hydrogens is 382 g/mol. The number of nitrogens with zero attached hydrogens (tertiary/aromatic N) is 5. The third-order valence-corrected chi connectivity index (χ3v) is 4.55. The maximum atomic E-state index is 6.41. The van der Waals surface area contributed by atoms with Gasteiger partial charge in [-0.1, -0.05) is 11.6 Å². The van der Waals surface area contributed by atoms with Gasteiger partial charge < -0.3 is 14.2 Å². The molecule has 0 saturated carbocycles.